The number of hydrogen-bond donors (Lipinski definition) is 2. The van der Waals surface area contributed by atoms with Gasteiger partial charge in [-0.25, -0.2) is 4.98 Å². The maximum Gasteiger partial charge on any atom is 0.416 e. The SMILES string of the molecule is CC(C)c1ncc(C2CCC(N3CC(NC(=O)CNC(=O)c4cccc(C(F)(F)F)c4)C3)CC2)s1. The van der Waals surface area contributed by atoms with Crippen molar-refractivity contribution < 1.29 is 22.8 Å². The van der Waals surface area contributed by atoms with Gasteiger partial charge in [0, 0.05) is 41.7 Å². The molecule has 0 radical (unpaired) electrons. The first kappa shape index (κ1) is 25.6. The highest BCUT2D eigenvalue weighted by molar-refractivity contribution is 7.11. The van der Waals surface area contributed by atoms with Crippen molar-refractivity contribution in [1.29, 1.82) is 0 Å². The molecule has 0 unspecified atom stereocenters. The highest BCUT2D eigenvalue weighted by Crippen LogP contribution is 2.39. The van der Waals surface area contributed by atoms with E-state index in [1.807, 2.05) is 17.5 Å². The Morgan fingerprint density at radius 2 is 1.89 bits per heavy atom. The lowest BCUT2D eigenvalue weighted by molar-refractivity contribution is -0.137. The summed E-state index contributed by atoms with van der Waals surface area (Å²) in [6, 6.07) is 4.70. The summed E-state index contributed by atoms with van der Waals surface area (Å²) >= 11 is 1.84. The zero-order valence-corrected chi connectivity index (χ0v) is 20.7. The third kappa shape index (κ3) is 6.41. The monoisotopic (exact) mass is 508 g/mol. The standard InChI is InChI=1S/C25H31F3N4O2S/c1-15(2)24-30-11-21(35-24)16-6-8-20(9-7-16)32-13-19(14-32)31-22(33)12-29-23(34)17-4-3-5-18(10-17)25(26,27)28/h3-5,10-11,15-16,19-20H,6-9,12-14H2,1-2H3,(H,29,34)(H,31,33). The van der Waals surface area contributed by atoms with E-state index in [9.17, 15) is 22.8 Å². The average Bonchev–Trinajstić information content (AvgIpc) is 3.30. The van der Waals surface area contributed by atoms with Crippen molar-refractivity contribution in [3.63, 3.8) is 0 Å². The number of carbonyl (C=O) groups is 2. The van der Waals surface area contributed by atoms with Gasteiger partial charge in [-0.05, 0) is 49.8 Å². The molecule has 2 heterocycles. The summed E-state index contributed by atoms with van der Waals surface area (Å²) < 4.78 is 38.5. The average molecular weight is 509 g/mol. The number of benzene rings is 1. The van der Waals surface area contributed by atoms with E-state index in [0.29, 0.717) is 17.9 Å². The molecule has 190 valence electrons. The molecule has 1 aliphatic carbocycles. The molecule has 2 amide bonds. The smallest absolute Gasteiger partial charge is 0.349 e. The van der Waals surface area contributed by atoms with Crippen molar-refractivity contribution in [2.24, 2.45) is 0 Å². The third-order valence-electron chi connectivity index (χ3n) is 6.79. The number of nitrogens with zero attached hydrogens (tertiary/aromatic N) is 2. The number of aromatic nitrogens is 1. The Morgan fingerprint density at radius 3 is 2.51 bits per heavy atom. The van der Waals surface area contributed by atoms with Crippen LogP contribution in [0.15, 0.2) is 30.5 Å². The predicted molar refractivity (Wildman–Crippen MR) is 128 cm³/mol. The van der Waals surface area contributed by atoms with Gasteiger partial charge in [0.15, 0.2) is 0 Å². The Hall–Kier alpha value is -2.46. The molecule has 1 aromatic carbocycles. The van der Waals surface area contributed by atoms with Crippen LogP contribution in [0.2, 0.25) is 0 Å². The summed E-state index contributed by atoms with van der Waals surface area (Å²) in [5, 5.41) is 6.50. The van der Waals surface area contributed by atoms with Crippen LogP contribution in [0.5, 0.6) is 0 Å². The predicted octanol–water partition coefficient (Wildman–Crippen LogP) is 4.54. The molecule has 2 aromatic rings. The maximum absolute atomic E-state index is 12.8. The summed E-state index contributed by atoms with van der Waals surface area (Å²) in [6.45, 7) is 5.62. The van der Waals surface area contributed by atoms with Crippen LogP contribution in [-0.4, -0.2) is 53.4 Å². The lowest BCUT2D eigenvalue weighted by Gasteiger charge is -2.46. The molecule has 1 aromatic heterocycles. The Balaban J connectivity index is 1.15. The van der Waals surface area contributed by atoms with Gasteiger partial charge < -0.3 is 10.6 Å². The Morgan fingerprint density at radius 1 is 1.17 bits per heavy atom. The van der Waals surface area contributed by atoms with E-state index in [-0.39, 0.29) is 24.1 Å². The van der Waals surface area contributed by atoms with Crippen LogP contribution in [0.25, 0.3) is 0 Å². The minimum Gasteiger partial charge on any atom is -0.349 e. The van der Waals surface area contributed by atoms with Gasteiger partial charge in [0.25, 0.3) is 5.91 Å². The Bertz CT molecular complexity index is 1040. The normalized spacial score (nSPS) is 21.5. The molecule has 1 saturated carbocycles. The van der Waals surface area contributed by atoms with Crippen LogP contribution >= 0.6 is 11.3 Å². The van der Waals surface area contributed by atoms with Gasteiger partial charge in [-0.1, -0.05) is 19.9 Å². The van der Waals surface area contributed by atoms with Crippen LogP contribution in [0.3, 0.4) is 0 Å². The molecule has 6 nitrogen and oxygen atoms in total. The second-order valence-electron chi connectivity index (χ2n) is 9.74. The van der Waals surface area contributed by atoms with E-state index in [0.717, 1.165) is 50.9 Å². The molecule has 4 rings (SSSR count). The van der Waals surface area contributed by atoms with Crippen LogP contribution in [0, 0.1) is 0 Å². The van der Waals surface area contributed by atoms with Gasteiger partial charge in [0.1, 0.15) is 0 Å². The number of halogens is 3. The zero-order chi connectivity index (χ0) is 25.2. The molecule has 0 bridgehead atoms. The fraction of sp³-hybridized carbons (Fsp3) is 0.560. The maximum atomic E-state index is 12.8. The number of nitrogens with one attached hydrogen (secondary N) is 2. The van der Waals surface area contributed by atoms with Crippen molar-refractivity contribution in [3.8, 4) is 0 Å². The van der Waals surface area contributed by atoms with E-state index in [1.165, 1.54) is 22.0 Å². The number of amides is 2. The third-order valence-corrected chi connectivity index (χ3v) is 8.25. The number of carbonyl (C=O) groups excluding carboxylic acids is 2. The first-order chi connectivity index (χ1) is 16.6. The fourth-order valence-electron chi connectivity index (χ4n) is 4.76. The van der Waals surface area contributed by atoms with Crippen LogP contribution in [0.4, 0.5) is 13.2 Å². The van der Waals surface area contributed by atoms with Crippen molar-refractivity contribution in [2.45, 2.75) is 69.6 Å². The number of thiazole rings is 1. The van der Waals surface area contributed by atoms with Crippen LogP contribution in [-0.2, 0) is 11.0 Å². The Kier molecular flexibility index (Phi) is 7.80. The molecular weight excluding hydrogens is 477 g/mol. The number of rotatable bonds is 7. The lowest BCUT2D eigenvalue weighted by atomic mass is 9.83. The van der Waals surface area contributed by atoms with Crippen molar-refractivity contribution in [1.82, 2.24) is 20.5 Å². The van der Waals surface area contributed by atoms with Crippen molar-refractivity contribution in [2.75, 3.05) is 19.6 Å². The number of alkyl halides is 3. The summed E-state index contributed by atoms with van der Waals surface area (Å²) in [4.78, 5) is 32.7. The van der Waals surface area contributed by atoms with E-state index < -0.39 is 17.6 Å². The lowest BCUT2D eigenvalue weighted by Crippen LogP contribution is -2.63. The Labute approximate surface area is 207 Å². The van der Waals surface area contributed by atoms with E-state index >= 15 is 0 Å². The quantitative estimate of drug-likeness (QED) is 0.576. The zero-order valence-electron chi connectivity index (χ0n) is 19.9. The summed E-state index contributed by atoms with van der Waals surface area (Å²) in [5.41, 5.74) is -1.03. The topological polar surface area (TPSA) is 74.3 Å². The second-order valence-corrected chi connectivity index (χ2v) is 10.8. The molecule has 0 spiro atoms. The van der Waals surface area contributed by atoms with Gasteiger partial charge in [-0.2, -0.15) is 13.2 Å². The summed E-state index contributed by atoms with van der Waals surface area (Å²) in [7, 11) is 0. The van der Waals surface area contributed by atoms with E-state index in [4.69, 9.17) is 0 Å². The van der Waals surface area contributed by atoms with Gasteiger partial charge in [-0.3, -0.25) is 14.5 Å². The second kappa shape index (κ2) is 10.7. The summed E-state index contributed by atoms with van der Waals surface area (Å²) in [5.74, 6) is 0.00484. The molecule has 2 aliphatic rings. The van der Waals surface area contributed by atoms with Gasteiger partial charge in [0.05, 0.1) is 23.2 Å². The van der Waals surface area contributed by atoms with Gasteiger partial charge in [-0.15, -0.1) is 11.3 Å². The van der Waals surface area contributed by atoms with E-state index in [1.54, 1.807) is 0 Å². The molecule has 0 atom stereocenters. The minimum absolute atomic E-state index is 0.0285. The number of hydrogen-bond acceptors (Lipinski definition) is 5. The van der Waals surface area contributed by atoms with Crippen LogP contribution < -0.4 is 10.6 Å². The first-order valence-electron chi connectivity index (χ1n) is 12.0. The highest BCUT2D eigenvalue weighted by Gasteiger charge is 2.36. The van der Waals surface area contributed by atoms with Gasteiger partial charge >= 0.3 is 6.18 Å². The minimum atomic E-state index is -4.53. The fourth-order valence-corrected chi connectivity index (χ4v) is 5.85. The van der Waals surface area contributed by atoms with Crippen molar-refractivity contribution >= 4 is 23.2 Å². The first-order valence-corrected chi connectivity index (χ1v) is 12.9. The van der Waals surface area contributed by atoms with Crippen molar-refractivity contribution in [3.05, 3.63) is 51.5 Å². The molecule has 2 fully saturated rings. The molecule has 1 aliphatic heterocycles. The number of likely N-dealkylation sites (tertiary alicyclic amines) is 1. The molecule has 2 N–H and O–H groups in total. The molecule has 10 heteroatoms. The van der Waals surface area contributed by atoms with Gasteiger partial charge in [0.2, 0.25) is 5.91 Å². The molecule has 1 saturated heterocycles. The largest absolute Gasteiger partial charge is 0.416 e. The molecule has 35 heavy (non-hydrogen) atoms. The van der Waals surface area contributed by atoms with Crippen LogP contribution in [0.1, 0.15) is 77.2 Å². The summed E-state index contributed by atoms with van der Waals surface area (Å²) in [6.07, 6.45) is 2.09. The highest BCUT2D eigenvalue weighted by atomic mass is 32.1. The van der Waals surface area contributed by atoms with E-state index in [2.05, 4.69) is 34.4 Å². The molecular formula is C25H31F3N4O2S.